The average molecular weight is 246 g/mol. The number of rotatable bonds is 4. The highest BCUT2D eigenvalue weighted by Crippen LogP contribution is 2.23. The van der Waals surface area contributed by atoms with Crippen LogP contribution >= 0.6 is 0 Å². The number of carbonyl (C=O) groups is 1. The maximum atomic E-state index is 11.9. The minimum atomic E-state index is -0.169. The molecule has 0 heterocycles. The molecule has 18 heavy (non-hydrogen) atoms. The maximum absolute atomic E-state index is 11.9. The Kier molecular flexibility index (Phi) is 4.40. The molecule has 2 nitrogen and oxygen atoms in total. The first-order valence-corrected chi connectivity index (χ1v) is 7.01. The molecule has 98 valence electrons. The summed E-state index contributed by atoms with van der Waals surface area (Å²) in [5.74, 6) is 0.377. The van der Waals surface area contributed by atoms with E-state index in [1.807, 2.05) is 24.3 Å². The fraction of sp³-hybridized carbons (Fsp3) is 0.562. The number of carbonyl (C=O) groups excluding carboxylic acids is 1. The van der Waals surface area contributed by atoms with E-state index in [2.05, 4.69) is 13.8 Å². The molecule has 1 aromatic rings. The number of hydrogen-bond donors (Lipinski definition) is 0. The molecule has 1 aliphatic carbocycles. The van der Waals surface area contributed by atoms with Crippen molar-refractivity contribution in [3.8, 4) is 0 Å². The lowest BCUT2D eigenvalue weighted by Gasteiger charge is -2.12. The zero-order chi connectivity index (χ0) is 13.0. The maximum Gasteiger partial charge on any atom is 0.338 e. The van der Waals surface area contributed by atoms with Crippen molar-refractivity contribution in [2.24, 2.45) is 0 Å². The lowest BCUT2D eigenvalue weighted by Crippen LogP contribution is -2.14. The minimum Gasteiger partial charge on any atom is -0.459 e. The van der Waals surface area contributed by atoms with Gasteiger partial charge in [-0.15, -0.1) is 0 Å². The zero-order valence-corrected chi connectivity index (χ0v) is 11.3. The molecule has 1 saturated carbocycles. The van der Waals surface area contributed by atoms with Crippen LogP contribution < -0.4 is 0 Å². The first-order valence-electron chi connectivity index (χ1n) is 7.01. The molecule has 2 heteroatoms. The van der Waals surface area contributed by atoms with Gasteiger partial charge in [0, 0.05) is 0 Å². The SMILES string of the molecule is CCC(C)c1ccc(C(=O)OC2CCCC2)cc1. The zero-order valence-electron chi connectivity index (χ0n) is 11.3. The third kappa shape index (κ3) is 3.12. The molecule has 0 aliphatic heterocycles. The molecule has 1 unspecified atom stereocenters. The summed E-state index contributed by atoms with van der Waals surface area (Å²) in [4.78, 5) is 11.9. The molecule has 1 aliphatic rings. The topological polar surface area (TPSA) is 26.3 Å². The second-order valence-corrected chi connectivity index (χ2v) is 5.24. The van der Waals surface area contributed by atoms with E-state index in [4.69, 9.17) is 4.74 Å². The van der Waals surface area contributed by atoms with Crippen LogP contribution in [-0.2, 0) is 4.74 Å². The van der Waals surface area contributed by atoms with Crippen molar-refractivity contribution in [2.45, 2.75) is 58.0 Å². The Morgan fingerprint density at radius 1 is 1.28 bits per heavy atom. The van der Waals surface area contributed by atoms with Gasteiger partial charge in [0.2, 0.25) is 0 Å². The molecule has 0 N–H and O–H groups in total. The molecule has 1 atom stereocenters. The van der Waals surface area contributed by atoms with Crippen molar-refractivity contribution in [2.75, 3.05) is 0 Å². The van der Waals surface area contributed by atoms with Gasteiger partial charge in [-0.3, -0.25) is 0 Å². The lowest BCUT2D eigenvalue weighted by atomic mass is 9.98. The van der Waals surface area contributed by atoms with Gasteiger partial charge in [-0.2, -0.15) is 0 Å². The normalized spacial score (nSPS) is 17.7. The third-order valence-electron chi connectivity index (χ3n) is 3.90. The van der Waals surface area contributed by atoms with E-state index in [0.29, 0.717) is 11.5 Å². The second-order valence-electron chi connectivity index (χ2n) is 5.24. The molecule has 0 spiro atoms. The van der Waals surface area contributed by atoms with Crippen LogP contribution in [0.15, 0.2) is 24.3 Å². The molecule has 0 amide bonds. The standard InChI is InChI=1S/C16H22O2/c1-3-12(2)13-8-10-14(11-9-13)16(17)18-15-6-4-5-7-15/h8-12,15H,3-7H2,1-2H3. The van der Waals surface area contributed by atoms with Gasteiger partial charge in [0.15, 0.2) is 0 Å². The smallest absolute Gasteiger partial charge is 0.338 e. The van der Waals surface area contributed by atoms with Crippen molar-refractivity contribution in [1.82, 2.24) is 0 Å². The first kappa shape index (κ1) is 13.1. The summed E-state index contributed by atoms with van der Waals surface area (Å²) >= 11 is 0. The van der Waals surface area contributed by atoms with Crippen LogP contribution in [0.5, 0.6) is 0 Å². The van der Waals surface area contributed by atoms with Crippen LogP contribution in [0.4, 0.5) is 0 Å². The summed E-state index contributed by atoms with van der Waals surface area (Å²) in [6.45, 7) is 4.37. The Bertz CT molecular complexity index is 388. The van der Waals surface area contributed by atoms with Crippen molar-refractivity contribution >= 4 is 5.97 Å². The van der Waals surface area contributed by atoms with Crippen LogP contribution in [-0.4, -0.2) is 12.1 Å². The highest BCUT2D eigenvalue weighted by molar-refractivity contribution is 5.89. The summed E-state index contributed by atoms with van der Waals surface area (Å²) in [5, 5.41) is 0. The van der Waals surface area contributed by atoms with Crippen LogP contribution in [0.1, 0.15) is 67.8 Å². The number of benzene rings is 1. The van der Waals surface area contributed by atoms with Gasteiger partial charge in [-0.05, 0) is 55.7 Å². The number of hydrogen-bond acceptors (Lipinski definition) is 2. The van der Waals surface area contributed by atoms with Gasteiger partial charge in [0.25, 0.3) is 0 Å². The Morgan fingerprint density at radius 2 is 1.89 bits per heavy atom. The van der Waals surface area contributed by atoms with Gasteiger partial charge in [0.05, 0.1) is 5.56 Å². The van der Waals surface area contributed by atoms with E-state index in [9.17, 15) is 4.79 Å². The van der Waals surface area contributed by atoms with Gasteiger partial charge >= 0.3 is 5.97 Å². The van der Waals surface area contributed by atoms with Crippen molar-refractivity contribution in [3.05, 3.63) is 35.4 Å². The third-order valence-corrected chi connectivity index (χ3v) is 3.90. The Hall–Kier alpha value is -1.31. The summed E-state index contributed by atoms with van der Waals surface area (Å²) in [5.41, 5.74) is 1.96. The lowest BCUT2D eigenvalue weighted by molar-refractivity contribution is 0.0318. The first-order chi connectivity index (χ1) is 8.70. The highest BCUT2D eigenvalue weighted by Gasteiger charge is 2.20. The van der Waals surface area contributed by atoms with Crippen molar-refractivity contribution in [1.29, 1.82) is 0 Å². The van der Waals surface area contributed by atoms with E-state index >= 15 is 0 Å². The van der Waals surface area contributed by atoms with E-state index < -0.39 is 0 Å². The molecule has 0 radical (unpaired) electrons. The van der Waals surface area contributed by atoms with Crippen molar-refractivity contribution < 1.29 is 9.53 Å². The Labute approximate surface area is 109 Å². The van der Waals surface area contributed by atoms with Crippen molar-refractivity contribution in [3.63, 3.8) is 0 Å². The van der Waals surface area contributed by atoms with E-state index in [1.54, 1.807) is 0 Å². The highest BCUT2D eigenvalue weighted by atomic mass is 16.5. The van der Waals surface area contributed by atoms with E-state index in [-0.39, 0.29) is 12.1 Å². The Balaban J connectivity index is 1.97. The fourth-order valence-electron chi connectivity index (χ4n) is 2.41. The van der Waals surface area contributed by atoms with Gasteiger partial charge in [-0.25, -0.2) is 4.79 Å². The van der Waals surface area contributed by atoms with Crippen LogP contribution in [0.2, 0.25) is 0 Å². The van der Waals surface area contributed by atoms with Crippen LogP contribution in [0, 0.1) is 0 Å². The van der Waals surface area contributed by atoms with Gasteiger partial charge < -0.3 is 4.74 Å². The summed E-state index contributed by atoms with van der Waals surface area (Å²) in [7, 11) is 0. The predicted octanol–water partition coefficient (Wildman–Crippen LogP) is 4.30. The molecule has 0 saturated heterocycles. The van der Waals surface area contributed by atoms with Crippen LogP contribution in [0.25, 0.3) is 0 Å². The van der Waals surface area contributed by atoms with Crippen LogP contribution in [0.3, 0.4) is 0 Å². The largest absolute Gasteiger partial charge is 0.459 e. The molecule has 0 bridgehead atoms. The summed E-state index contributed by atoms with van der Waals surface area (Å²) in [6, 6.07) is 7.86. The molecule has 1 fully saturated rings. The number of esters is 1. The Morgan fingerprint density at radius 3 is 2.44 bits per heavy atom. The predicted molar refractivity (Wildman–Crippen MR) is 72.8 cm³/mol. The molecular formula is C16H22O2. The van der Waals surface area contributed by atoms with E-state index in [1.165, 1.54) is 18.4 Å². The minimum absolute atomic E-state index is 0.145. The fourth-order valence-corrected chi connectivity index (χ4v) is 2.41. The van der Waals surface area contributed by atoms with E-state index in [0.717, 1.165) is 19.3 Å². The monoisotopic (exact) mass is 246 g/mol. The molecule has 1 aromatic carbocycles. The summed E-state index contributed by atoms with van der Waals surface area (Å²) < 4.78 is 5.49. The summed E-state index contributed by atoms with van der Waals surface area (Å²) in [6.07, 6.45) is 5.68. The number of ether oxygens (including phenoxy) is 1. The molecular weight excluding hydrogens is 224 g/mol. The second kappa shape index (κ2) is 6.03. The van der Waals surface area contributed by atoms with Gasteiger partial charge in [-0.1, -0.05) is 26.0 Å². The molecule has 0 aromatic heterocycles. The quantitative estimate of drug-likeness (QED) is 0.740. The molecule has 2 rings (SSSR count). The van der Waals surface area contributed by atoms with Gasteiger partial charge in [0.1, 0.15) is 6.10 Å². The average Bonchev–Trinajstić information content (AvgIpc) is 2.91.